The molecule has 0 saturated carbocycles. The zero-order chi connectivity index (χ0) is 15.9. The summed E-state index contributed by atoms with van der Waals surface area (Å²) in [5.74, 6) is 1.78. The summed E-state index contributed by atoms with van der Waals surface area (Å²) in [6.07, 6.45) is 6.00. The second-order valence-corrected chi connectivity index (χ2v) is 5.74. The van der Waals surface area contributed by atoms with Crippen molar-refractivity contribution in [2.75, 3.05) is 53.2 Å². The normalized spacial score (nSPS) is 18.2. The minimum Gasteiger partial charge on any atom is -0.492 e. The van der Waals surface area contributed by atoms with Crippen LogP contribution in [0.2, 0.25) is 0 Å². The van der Waals surface area contributed by atoms with Crippen LogP contribution in [-0.2, 0) is 9.47 Å². The summed E-state index contributed by atoms with van der Waals surface area (Å²) in [6, 6.07) is 8.08. The Hall–Kier alpha value is -1.69. The second-order valence-electron chi connectivity index (χ2n) is 5.74. The molecule has 0 spiro atoms. The Morgan fingerprint density at radius 2 is 1.96 bits per heavy atom. The number of halogens is 1. The van der Waals surface area contributed by atoms with Crippen LogP contribution >= 0.6 is 12.4 Å². The molecular weight excluding hydrogens is 328 g/mol. The maximum Gasteiger partial charge on any atom is 0.161 e. The fourth-order valence-electron chi connectivity index (χ4n) is 2.59. The highest BCUT2D eigenvalue weighted by molar-refractivity contribution is 5.85. The Kier molecular flexibility index (Phi) is 7.43. The fourth-order valence-corrected chi connectivity index (χ4v) is 2.59. The van der Waals surface area contributed by atoms with Crippen LogP contribution in [0, 0.1) is 0 Å². The smallest absolute Gasteiger partial charge is 0.161 e. The lowest BCUT2D eigenvalue weighted by molar-refractivity contribution is 0.0322. The van der Waals surface area contributed by atoms with E-state index < -0.39 is 0 Å². The molecule has 132 valence electrons. The quantitative estimate of drug-likeness (QED) is 0.786. The molecule has 1 fully saturated rings. The topological polar surface area (TPSA) is 34.2 Å². The van der Waals surface area contributed by atoms with Crippen LogP contribution in [0.25, 0.3) is 6.08 Å². The number of benzene rings is 1. The molecule has 0 unspecified atom stereocenters. The van der Waals surface area contributed by atoms with Crippen LogP contribution in [0.4, 0.5) is 0 Å². The van der Waals surface area contributed by atoms with E-state index in [0.717, 1.165) is 49.9 Å². The van der Waals surface area contributed by atoms with Crippen LogP contribution in [0.5, 0.6) is 5.75 Å². The SMILES string of the molecule is CN1C=C(C=Cc2ccccc2OCCN2CCOCC2)OC1.Cl. The average molecular weight is 353 g/mol. The number of rotatable bonds is 6. The van der Waals surface area contributed by atoms with Crippen molar-refractivity contribution in [2.45, 2.75) is 0 Å². The third-order valence-corrected chi connectivity index (χ3v) is 3.90. The summed E-state index contributed by atoms with van der Waals surface area (Å²) in [6.45, 7) is 5.85. The van der Waals surface area contributed by atoms with E-state index in [9.17, 15) is 0 Å². The van der Waals surface area contributed by atoms with Gasteiger partial charge in [0.15, 0.2) is 6.73 Å². The van der Waals surface area contributed by atoms with Crippen LogP contribution in [0.3, 0.4) is 0 Å². The van der Waals surface area contributed by atoms with Crippen molar-refractivity contribution in [3.05, 3.63) is 47.9 Å². The molecule has 1 aromatic rings. The lowest BCUT2D eigenvalue weighted by atomic mass is 10.2. The predicted octanol–water partition coefficient (Wildman–Crippen LogP) is 2.59. The van der Waals surface area contributed by atoms with Crippen LogP contribution < -0.4 is 4.74 Å². The summed E-state index contributed by atoms with van der Waals surface area (Å²) in [5.41, 5.74) is 1.06. The second kappa shape index (κ2) is 9.57. The summed E-state index contributed by atoms with van der Waals surface area (Å²) in [5, 5.41) is 0. The van der Waals surface area contributed by atoms with E-state index in [1.165, 1.54) is 0 Å². The number of hydrogen-bond donors (Lipinski definition) is 0. The first-order valence-electron chi connectivity index (χ1n) is 8.06. The van der Waals surface area contributed by atoms with Crippen molar-refractivity contribution in [3.63, 3.8) is 0 Å². The van der Waals surface area contributed by atoms with Gasteiger partial charge in [-0.2, -0.15) is 0 Å². The van der Waals surface area contributed by atoms with Gasteiger partial charge in [0.2, 0.25) is 0 Å². The van der Waals surface area contributed by atoms with Crippen molar-refractivity contribution < 1.29 is 14.2 Å². The summed E-state index contributed by atoms with van der Waals surface area (Å²) >= 11 is 0. The Labute approximate surface area is 149 Å². The molecule has 1 aromatic carbocycles. The Morgan fingerprint density at radius 1 is 1.17 bits per heavy atom. The number of hydrogen-bond acceptors (Lipinski definition) is 5. The zero-order valence-corrected chi connectivity index (χ0v) is 14.8. The highest BCUT2D eigenvalue weighted by Gasteiger charge is 2.10. The van der Waals surface area contributed by atoms with E-state index in [4.69, 9.17) is 14.2 Å². The number of morpholine rings is 1. The van der Waals surface area contributed by atoms with E-state index in [2.05, 4.69) is 11.0 Å². The van der Waals surface area contributed by atoms with E-state index in [1.54, 1.807) is 0 Å². The van der Waals surface area contributed by atoms with Crippen molar-refractivity contribution in [1.82, 2.24) is 9.80 Å². The molecule has 0 atom stereocenters. The van der Waals surface area contributed by atoms with Gasteiger partial charge in [-0.05, 0) is 18.2 Å². The summed E-state index contributed by atoms with van der Waals surface area (Å²) < 4.78 is 16.9. The molecule has 0 amide bonds. The predicted molar refractivity (Wildman–Crippen MR) is 97.3 cm³/mol. The summed E-state index contributed by atoms with van der Waals surface area (Å²) in [7, 11) is 1.99. The average Bonchev–Trinajstić information content (AvgIpc) is 3.00. The molecule has 0 radical (unpaired) electrons. The maximum absolute atomic E-state index is 5.97. The van der Waals surface area contributed by atoms with Crippen molar-refractivity contribution >= 4 is 18.5 Å². The maximum atomic E-state index is 5.97. The van der Waals surface area contributed by atoms with Gasteiger partial charge in [0.1, 0.15) is 18.1 Å². The number of ether oxygens (including phenoxy) is 3. The first-order valence-corrected chi connectivity index (χ1v) is 8.06. The first-order chi connectivity index (χ1) is 11.3. The molecule has 24 heavy (non-hydrogen) atoms. The molecule has 0 bridgehead atoms. The minimum absolute atomic E-state index is 0. The molecule has 5 nitrogen and oxygen atoms in total. The van der Waals surface area contributed by atoms with E-state index in [1.807, 2.05) is 48.5 Å². The van der Waals surface area contributed by atoms with E-state index in [-0.39, 0.29) is 12.4 Å². The van der Waals surface area contributed by atoms with Crippen molar-refractivity contribution in [2.24, 2.45) is 0 Å². The van der Waals surface area contributed by atoms with Gasteiger partial charge < -0.3 is 19.1 Å². The van der Waals surface area contributed by atoms with E-state index in [0.29, 0.717) is 13.3 Å². The zero-order valence-electron chi connectivity index (χ0n) is 14.0. The van der Waals surface area contributed by atoms with Crippen LogP contribution in [-0.4, -0.2) is 63.0 Å². The molecule has 0 N–H and O–H groups in total. The van der Waals surface area contributed by atoms with Gasteiger partial charge in [0, 0.05) is 38.4 Å². The Morgan fingerprint density at radius 3 is 2.71 bits per heavy atom. The summed E-state index contributed by atoms with van der Waals surface area (Å²) in [4.78, 5) is 4.37. The number of nitrogens with zero attached hydrogens (tertiary/aromatic N) is 2. The van der Waals surface area contributed by atoms with Crippen molar-refractivity contribution in [3.8, 4) is 5.75 Å². The molecular formula is C18H25ClN2O3. The van der Waals surface area contributed by atoms with Gasteiger partial charge in [-0.1, -0.05) is 18.2 Å². The van der Waals surface area contributed by atoms with Gasteiger partial charge in [-0.15, -0.1) is 12.4 Å². The molecule has 0 aromatic heterocycles. The molecule has 2 aliphatic rings. The molecule has 2 aliphatic heterocycles. The van der Waals surface area contributed by atoms with Gasteiger partial charge in [0.05, 0.1) is 13.2 Å². The molecule has 6 heteroatoms. The third kappa shape index (κ3) is 5.44. The largest absolute Gasteiger partial charge is 0.492 e. The van der Waals surface area contributed by atoms with Gasteiger partial charge in [0.25, 0.3) is 0 Å². The molecule has 2 heterocycles. The lowest BCUT2D eigenvalue weighted by Crippen LogP contribution is -2.38. The van der Waals surface area contributed by atoms with Gasteiger partial charge >= 0.3 is 0 Å². The number of para-hydroxylation sites is 1. The molecule has 3 rings (SSSR count). The number of allylic oxidation sites excluding steroid dienone is 1. The monoisotopic (exact) mass is 352 g/mol. The highest BCUT2D eigenvalue weighted by Crippen LogP contribution is 2.21. The third-order valence-electron chi connectivity index (χ3n) is 3.90. The first kappa shape index (κ1) is 18.6. The van der Waals surface area contributed by atoms with Crippen LogP contribution in [0.1, 0.15) is 5.56 Å². The molecule has 1 saturated heterocycles. The van der Waals surface area contributed by atoms with Gasteiger partial charge in [-0.25, -0.2) is 0 Å². The van der Waals surface area contributed by atoms with E-state index >= 15 is 0 Å². The van der Waals surface area contributed by atoms with Gasteiger partial charge in [-0.3, -0.25) is 4.90 Å². The lowest BCUT2D eigenvalue weighted by Gasteiger charge is -2.26. The van der Waals surface area contributed by atoms with Crippen molar-refractivity contribution in [1.29, 1.82) is 0 Å². The minimum atomic E-state index is 0. The Balaban J connectivity index is 0.00000208. The molecule has 0 aliphatic carbocycles. The highest BCUT2D eigenvalue weighted by atomic mass is 35.5. The van der Waals surface area contributed by atoms with Crippen LogP contribution in [0.15, 0.2) is 42.3 Å². The Bertz CT molecular complexity index is 571. The standard InChI is InChI=1S/C18H24N2O3.ClH/c1-19-14-17(23-15-19)7-6-16-4-2-3-5-18(16)22-13-10-20-8-11-21-12-9-20;/h2-7,14H,8-13,15H2,1H3;1H. The fraction of sp³-hybridized carbons (Fsp3) is 0.444.